The molecule has 1 aromatic carbocycles. The fraction of sp³-hybridized carbons (Fsp3) is 0.286. The topological polar surface area (TPSA) is 63.1 Å². The zero-order valence-electron chi connectivity index (χ0n) is 11.8. The molecule has 0 saturated carbocycles. The second-order valence-corrected chi connectivity index (χ2v) is 6.47. The van der Waals surface area contributed by atoms with Crippen molar-refractivity contribution in [1.29, 1.82) is 0 Å². The molecule has 2 N–H and O–H groups in total. The summed E-state index contributed by atoms with van der Waals surface area (Å²) in [6.45, 7) is 2.54. The number of benzene rings is 1. The molecule has 20 heavy (non-hydrogen) atoms. The lowest BCUT2D eigenvalue weighted by atomic mass is 10.2. The van der Waals surface area contributed by atoms with Crippen molar-refractivity contribution in [1.82, 2.24) is 9.88 Å². The van der Waals surface area contributed by atoms with Gasteiger partial charge in [-0.3, -0.25) is 4.72 Å². The summed E-state index contributed by atoms with van der Waals surface area (Å²) in [5.41, 5.74) is 2.50. The Morgan fingerprint density at radius 2 is 2.00 bits per heavy atom. The Kier molecular flexibility index (Phi) is 4.15. The molecule has 1 aromatic heterocycles. The SMILES string of the molecule is CNCc1cc(S(=O)(=O)Nc2cccc(C)c2)cn1C. The maximum atomic E-state index is 12.3. The highest BCUT2D eigenvalue weighted by atomic mass is 32.2. The maximum Gasteiger partial charge on any atom is 0.263 e. The Hall–Kier alpha value is -1.79. The first kappa shape index (κ1) is 14.6. The lowest BCUT2D eigenvalue weighted by Crippen LogP contribution is -2.12. The zero-order chi connectivity index (χ0) is 14.8. The Balaban J connectivity index is 2.28. The molecule has 0 atom stereocenters. The fourth-order valence-corrected chi connectivity index (χ4v) is 3.15. The van der Waals surface area contributed by atoms with Crippen LogP contribution in [0, 0.1) is 6.92 Å². The first-order chi connectivity index (χ1) is 9.42. The van der Waals surface area contributed by atoms with E-state index in [0.29, 0.717) is 12.2 Å². The highest BCUT2D eigenvalue weighted by Crippen LogP contribution is 2.19. The van der Waals surface area contributed by atoms with Gasteiger partial charge in [-0.2, -0.15) is 0 Å². The molecule has 0 unspecified atom stereocenters. The minimum atomic E-state index is -3.55. The Labute approximate surface area is 119 Å². The van der Waals surface area contributed by atoms with E-state index in [0.717, 1.165) is 11.3 Å². The molecule has 2 rings (SSSR count). The Morgan fingerprint density at radius 1 is 1.25 bits per heavy atom. The van der Waals surface area contributed by atoms with Gasteiger partial charge < -0.3 is 9.88 Å². The summed E-state index contributed by atoms with van der Waals surface area (Å²) in [4.78, 5) is 0.270. The Morgan fingerprint density at radius 3 is 2.65 bits per heavy atom. The molecule has 108 valence electrons. The van der Waals surface area contributed by atoms with Gasteiger partial charge in [-0.1, -0.05) is 12.1 Å². The molecule has 0 saturated heterocycles. The third-order valence-corrected chi connectivity index (χ3v) is 4.37. The summed E-state index contributed by atoms with van der Waals surface area (Å²) in [7, 11) is 0.109. The van der Waals surface area contributed by atoms with Crippen LogP contribution in [0.2, 0.25) is 0 Å². The quantitative estimate of drug-likeness (QED) is 0.884. The predicted octanol–water partition coefficient (Wildman–Crippen LogP) is 1.85. The van der Waals surface area contributed by atoms with Crippen LogP contribution < -0.4 is 10.0 Å². The van der Waals surface area contributed by atoms with E-state index in [1.165, 1.54) is 0 Å². The van der Waals surface area contributed by atoms with Gasteiger partial charge in [-0.15, -0.1) is 0 Å². The zero-order valence-corrected chi connectivity index (χ0v) is 12.7. The number of rotatable bonds is 5. The fourth-order valence-electron chi connectivity index (χ4n) is 2.00. The smallest absolute Gasteiger partial charge is 0.263 e. The molecule has 0 radical (unpaired) electrons. The van der Waals surface area contributed by atoms with Crippen LogP contribution in [0.3, 0.4) is 0 Å². The number of aryl methyl sites for hydroxylation is 2. The second-order valence-electron chi connectivity index (χ2n) is 4.78. The van der Waals surface area contributed by atoms with Gasteiger partial charge in [0.05, 0.1) is 0 Å². The molecule has 6 heteroatoms. The van der Waals surface area contributed by atoms with Crippen molar-refractivity contribution in [2.75, 3.05) is 11.8 Å². The van der Waals surface area contributed by atoms with E-state index in [1.807, 2.05) is 33.2 Å². The molecule has 0 spiro atoms. The molecule has 0 bridgehead atoms. The highest BCUT2D eigenvalue weighted by Gasteiger charge is 2.17. The van der Waals surface area contributed by atoms with Crippen LogP contribution in [0.25, 0.3) is 0 Å². The van der Waals surface area contributed by atoms with Crippen LogP contribution >= 0.6 is 0 Å². The van der Waals surface area contributed by atoms with Crippen LogP contribution in [-0.2, 0) is 23.6 Å². The largest absolute Gasteiger partial charge is 0.352 e. The average Bonchev–Trinajstić information content (AvgIpc) is 2.72. The van der Waals surface area contributed by atoms with E-state index in [9.17, 15) is 8.42 Å². The minimum Gasteiger partial charge on any atom is -0.352 e. The summed E-state index contributed by atoms with van der Waals surface area (Å²) in [6, 6.07) is 8.96. The molecule has 0 aliphatic carbocycles. The van der Waals surface area contributed by atoms with E-state index in [4.69, 9.17) is 0 Å². The van der Waals surface area contributed by atoms with Gasteiger partial charge in [0.25, 0.3) is 10.0 Å². The molecule has 2 aromatic rings. The molecule has 0 aliphatic heterocycles. The predicted molar refractivity (Wildman–Crippen MR) is 80.2 cm³/mol. The molecule has 0 fully saturated rings. The van der Waals surface area contributed by atoms with Gasteiger partial charge in [0, 0.05) is 31.2 Å². The van der Waals surface area contributed by atoms with Crippen LogP contribution in [-0.4, -0.2) is 20.0 Å². The van der Waals surface area contributed by atoms with Gasteiger partial charge >= 0.3 is 0 Å². The number of hydrogen-bond acceptors (Lipinski definition) is 3. The van der Waals surface area contributed by atoms with Crippen LogP contribution in [0.15, 0.2) is 41.4 Å². The first-order valence-corrected chi connectivity index (χ1v) is 7.80. The van der Waals surface area contributed by atoms with E-state index in [2.05, 4.69) is 10.0 Å². The van der Waals surface area contributed by atoms with Crippen molar-refractivity contribution in [2.45, 2.75) is 18.4 Å². The number of nitrogens with zero attached hydrogens (tertiary/aromatic N) is 1. The third-order valence-electron chi connectivity index (χ3n) is 3.02. The highest BCUT2D eigenvalue weighted by molar-refractivity contribution is 7.92. The molecule has 0 amide bonds. The molecule has 5 nitrogen and oxygen atoms in total. The van der Waals surface area contributed by atoms with Gasteiger partial charge in [-0.25, -0.2) is 8.42 Å². The van der Waals surface area contributed by atoms with Crippen LogP contribution in [0.5, 0.6) is 0 Å². The monoisotopic (exact) mass is 293 g/mol. The number of anilines is 1. The number of aromatic nitrogens is 1. The maximum absolute atomic E-state index is 12.3. The van der Waals surface area contributed by atoms with Gasteiger partial charge in [0.15, 0.2) is 0 Å². The number of sulfonamides is 1. The van der Waals surface area contributed by atoms with E-state index in [1.54, 1.807) is 29.0 Å². The summed E-state index contributed by atoms with van der Waals surface area (Å²) in [6.07, 6.45) is 1.62. The minimum absolute atomic E-state index is 0.270. The van der Waals surface area contributed by atoms with Crippen molar-refractivity contribution in [3.05, 3.63) is 47.8 Å². The van der Waals surface area contributed by atoms with Crippen molar-refractivity contribution < 1.29 is 8.42 Å². The van der Waals surface area contributed by atoms with Crippen molar-refractivity contribution in [3.8, 4) is 0 Å². The van der Waals surface area contributed by atoms with Gasteiger partial charge in [0.1, 0.15) is 4.90 Å². The van der Waals surface area contributed by atoms with Crippen molar-refractivity contribution in [3.63, 3.8) is 0 Å². The molecule has 0 aliphatic rings. The average molecular weight is 293 g/mol. The standard InChI is InChI=1S/C14H19N3O2S/c1-11-5-4-6-12(7-11)16-20(18,19)14-8-13(9-15-2)17(3)10-14/h4-8,10,15-16H,9H2,1-3H3. The lowest BCUT2D eigenvalue weighted by Gasteiger charge is -2.06. The summed E-state index contributed by atoms with van der Waals surface area (Å²) < 4.78 is 29.1. The Bertz CT molecular complexity index is 705. The van der Waals surface area contributed by atoms with Gasteiger partial charge in [0.2, 0.25) is 0 Å². The first-order valence-electron chi connectivity index (χ1n) is 6.32. The molecule has 1 heterocycles. The lowest BCUT2D eigenvalue weighted by molar-refractivity contribution is 0.601. The van der Waals surface area contributed by atoms with E-state index in [-0.39, 0.29) is 4.90 Å². The summed E-state index contributed by atoms with van der Waals surface area (Å²) in [5.74, 6) is 0. The van der Waals surface area contributed by atoms with Crippen LogP contribution in [0.1, 0.15) is 11.3 Å². The third kappa shape index (κ3) is 3.20. The van der Waals surface area contributed by atoms with Crippen molar-refractivity contribution in [2.24, 2.45) is 7.05 Å². The van der Waals surface area contributed by atoms with Crippen LogP contribution in [0.4, 0.5) is 5.69 Å². The summed E-state index contributed by atoms with van der Waals surface area (Å²) in [5, 5.41) is 3.01. The second kappa shape index (κ2) is 5.68. The number of hydrogen-bond donors (Lipinski definition) is 2. The van der Waals surface area contributed by atoms with E-state index >= 15 is 0 Å². The van der Waals surface area contributed by atoms with Crippen molar-refractivity contribution >= 4 is 15.7 Å². The normalized spacial score (nSPS) is 11.6. The molecular weight excluding hydrogens is 274 g/mol. The van der Waals surface area contributed by atoms with Gasteiger partial charge in [-0.05, 0) is 37.7 Å². The summed E-state index contributed by atoms with van der Waals surface area (Å²) >= 11 is 0. The van der Waals surface area contributed by atoms with E-state index < -0.39 is 10.0 Å². The molecular formula is C14H19N3O2S. The number of nitrogens with one attached hydrogen (secondary N) is 2.